The number of thiazole rings is 1. The molecule has 0 saturated carbocycles. The molecule has 0 aliphatic rings. The van der Waals surface area contributed by atoms with Crippen molar-refractivity contribution in [2.24, 2.45) is 0 Å². The van der Waals surface area contributed by atoms with Crippen molar-refractivity contribution >= 4 is 22.4 Å². The lowest BCUT2D eigenvalue weighted by Gasteiger charge is -2.04. The average molecular weight is 342 g/mol. The van der Waals surface area contributed by atoms with Gasteiger partial charge in [-0.15, -0.1) is 0 Å². The van der Waals surface area contributed by atoms with Crippen LogP contribution in [0.25, 0.3) is 21.8 Å². The molecule has 0 aliphatic carbocycles. The van der Waals surface area contributed by atoms with Gasteiger partial charge in [0.2, 0.25) is 0 Å². The number of nitrogens with zero attached hydrogens (tertiary/aromatic N) is 1. The van der Waals surface area contributed by atoms with Gasteiger partial charge in [0, 0.05) is 11.1 Å². The molecule has 0 spiro atoms. The van der Waals surface area contributed by atoms with E-state index in [0.717, 1.165) is 11.1 Å². The number of halogens is 1. The van der Waals surface area contributed by atoms with E-state index in [1.54, 1.807) is 19.1 Å². The van der Waals surface area contributed by atoms with E-state index in [4.69, 9.17) is 4.74 Å². The summed E-state index contributed by atoms with van der Waals surface area (Å²) in [5, 5.41) is 4.02. The first-order valence-corrected chi connectivity index (χ1v) is 8.25. The molecule has 0 fully saturated rings. The van der Waals surface area contributed by atoms with Gasteiger partial charge in [0.1, 0.15) is 21.5 Å². The van der Waals surface area contributed by atoms with Crippen LogP contribution in [0.1, 0.15) is 6.92 Å². The van der Waals surface area contributed by atoms with Crippen molar-refractivity contribution in [3.05, 3.63) is 60.4 Å². The molecule has 3 aromatic rings. The number of anilines is 1. The van der Waals surface area contributed by atoms with Gasteiger partial charge in [-0.2, -0.15) is 0 Å². The topological polar surface area (TPSA) is 51.2 Å². The van der Waals surface area contributed by atoms with Gasteiger partial charge in [-0.3, -0.25) is 5.32 Å². The third kappa shape index (κ3) is 3.60. The monoisotopic (exact) mass is 342 g/mol. The minimum Gasteiger partial charge on any atom is -0.450 e. The number of carbonyl (C=O) groups is 1. The summed E-state index contributed by atoms with van der Waals surface area (Å²) in [6.45, 7) is 2.03. The van der Waals surface area contributed by atoms with Crippen molar-refractivity contribution in [1.29, 1.82) is 0 Å². The van der Waals surface area contributed by atoms with Gasteiger partial charge >= 0.3 is 6.09 Å². The maximum atomic E-state index is 13.1. The number of ether oxygens (including phenoxy) is 1. The van der Waals surface area contributed by atoms with Crippen LogP contribution in [0.4, 0.5) is 14.2 Å². The Hall–Kier alpha value is -2.73. The second-order valence-corrected chi connectivity index (χ2v) is 5.91. The third-order valence-electron chi connectivity index (χ3n) is 3.26. The van der Waals surface area contributed by atoms with E-state index in [0.29, 0.717) is 15.7 Å². The summed E-state index contributed by atoms with van der Waals surface area (Å²) in [6, 6.07) is 15.7. The van der Waals surface area contributed by atoms with Crippen LogP contribution in [0.15, 0.2) is 54.6 Å². The van der Waals surface area contributed by atoms with Crippen molar-refractivity contribution in [3.8, 4) is 21.8 Å². The van der Waals surface area contributed by atoms with Crippen molar-refractivity contribution < 1.29 is 13.9 Å². The van der Waals surface area contributed by atoms with E-state index in [1.165, 1.54) is 23.5 Å². The number of nitrogens with one attached hydrogen (secondary N) is 1. The summed E-state index contributed by atoms with van der Waals surface area (Å²) in [5.74, 6) is -0.302. The minimum absolute atomic E-state index is 0.288. The van der Waals surface area contributed by atoms with Gasteiger partial charge in [0.25, 0.3) is 0 Å². The number of amides is 1. The van der Waals surface area contributed by atoms with E-state index in [9.17, 15) is 9.18 Å². The van der Waals surface area contributed by atoms with Gasteiger partial charge in [0.05, 0.1) is 6.61 Å². The van der Waals surface area contributed by atoms with Crippen molar-refractivity contribution in [2.75, 3.05) is 11.9 Å². The highest BCUT2D eigenvalue weighted by molar-refractivity contribution is 7.19. The average Bonchev–Trinajstić information content (AvgIpc) is 3.00. The Morgan fingerprint density at radius 2 is 1.83 bits per heavy atom. The van der Waals surface area contributed by atoms with Gasteiger partial charge in [-0.25, -0.2) is 14.2 Å². The Kier molecular flexibility index (Phi) is 4.86. The fourth-order valence-electron chi connectivity index (χ4n) is 2.17. The van der Waals surface area contributed by atoms with E-state index in [2.05, 4.69) is 10.3 Å². The first-order valence-electron chi connectivity index (χ1n) is 7.43. The zero-order valence-electron chi connectivity index (χ0n) is 13.0. The maximum absolute atomic E-state index is 13.1. The molecule has 2 aromatic carbocycles. The summed E-state index contributed by atoms with van der Waals surface area (Å²) in [5.41, 5.74) is 2.33. The van der Waals surface area contributed by atoms with Crippen LogP contribution < -0.4 is 5.32 Å². The lowest BCUT2D eigenvalue weighted by atomic mass is 10.1. The molecule has 1 N–H and O–H groups in total. The highest BCUT2D eigenvalue weighted by Crippen LogP contribution is 2.38. The second-order valence-electron chi connectivity index (χ2n) is 4.92. The molecule has 1 aromatic heterocycles. The fourth-order valence-corrected chi connectivity index (χ4v) is 3.15. The molecule has 0 saturated heterocycles. The van der Waals surface area contributed by atoms with Crippen LogP contribution in [0, 0.1) is 5.82 Å². The second kappa shape index (κ2) is 7.23. The van der Waals surface area contributed by atoms with E-state index < -0.39 is 6.09 Å². The van der Waals surface area contributed by atoms with E-state index >= 15 is 0 Å². The van der Waals surface area contributed by atoms with Crippen LogP contribution >= 0.6 is 11.3 Å². The molecule has 1 amide bonds. The SMILES string of the molecule is CCOC(=O)Nc1sc(-c2ccc(F)cc2)nc1-c1ccccc1. The lowest BCUT2D eigenvalue weighted by molar-refractivity contribution is 0.168. The molecular formula is C18H15FN2O2S. The van der Waals surface area contributed by atoms with Gasteiger partial charge < -0.3 is 4.74 Å². The Balaban J connectivity index is 2.01. The number of hydrogen-bond acceptors (Lipinski definition) is 4. The minimum atomic E-state index is -0.524. The predicted molar refractivity (Wildman–Crippen MR) is 93.6 cm³/mol. The van der Waals surface area contributed by atoms with Crippen LogP contribution in [-0.4, -0.2) is 17.7 Å². The number of benzene rings is 2. The molecule has 0 unspecified atom stereocenters. The first-order chi connectivity index (χ1) is 11.7. The Bertz CT molecular complexity index is 832. The molecule has 24 heavy (non-hydrogen) atoms. The number of aromatic nitrogens is 1. The zero-order valence-corrected chi connectivity index (χ0v) is 13.8. The summed E-state index contributed by atoms with van der Waals surface area (Å²) >= 11 is 1.32. The van der Waals surface area contributed by atoms with Gasteiger partial charge in [0.15, 0.2) is 0 Å². The molecule has 4 nitrogen and oxygen atoms in total. The summed E-state index contributed by atoms with van der Waals surface area (Å²) in [6.07, 6.45) is -0.524. The van der Waals surface area contributed by atoms with Crippen LogP contribution in [0.3, 0.4) is 0 Å². The zero-order chi connectivity index (χ0) is 16.9. The molecule has 0 atom stereocenters. The highest BCUT2D eigenvalue weighted by atomic mass is 32.1. The van der Waals surface area contributed by atoms with Crippen LogP contribution in [0.5, 0.6) is 0 Å². The van der Waals surface area contributed by atoms with E-state index in [1.807, 2.05) is 30.3 Å². The van der Waals surface area contributed by atoms with Crippen molar-refractivity contribution in [1.82, 2.24) is 4.98 Å². The molecule has 3 rings (SSSR count). The number of carbonyl (C=O) groups excluding carboxylic acids is 1. The molecule has 0 radical (unpaired) electrons. The van der Waals surface area contributed by atoms with Crippen LogP contribution in [0.2, 0.25) is 0 Å². The summed E-state index contributed by atoms with van der Waals surface area (Å²) in [4.78, 5) is 16.4. The maximum Gasteiger partial charge on any atom is 0.412 e. The molecule has 1 heterocycles. The van der Waals surface area contributed by atoms with E-state index in [-0.39, 0.29) is 12.4 Å². The smallest absolute Gasteiger partial charge is 0.412 e. The van der Waals surface area contributed by atoms with Gasteiger partial charge in [-0.1, -0.05) is 41.7 Å². The highest BCUT2D eigenvalue weighted by Gasteiger charge is 2.17. The van der Waals surface area contributed by atoms with Crippen molar-refractivity contribution in [3.63, 3.8) is 0 Å². The fraction of sp³-hybridized carbons (Fsp3) is 0.111. The largest absolute Gasteiger partial charge is 0.450 e. The first kappa shape index (κ1) is 16.1. The normalized spacial score (nSPS) is 10.4. The quantitative estimate of drug-likeness (QED) is 0.710. The molecule has 6 heteroatoms. The number of hydrogen-bond donors (Lipinski definition) is 1. The van der Waals surface area contributed by atoms with Crippen LogP contribution in [-0.2, 0) is 4.74 Å². The molecule has 0 bridgehead atoms. The predicted octanol–water partition coefficient (Wildman–Crippen LogP) is 5.18. The lowest BCUT2D eigenvalue weighted by Crippen LogP contribution is -2.12. The molecular weight excluding hydrogens is 327 g/mol. The standard InChI is InChI=1S/C18H15FN2O2S/c1-2-23-18(22)21-17-15(12-6-4-3-5-7-12)20-16(24-17)13-8-10-14(19)11-9-13/h3-11H,2H2,1H3,(H,21,22). The summed E-state index contributed by atoms with van der Waals surface area (Å²) in [7, 11) is 0. The Morgan fingerprint density at radius 3 is 2.50 bits per heavy atom. The molecule has 0 aliphatic heterocycles. The van der Waals surface area contributed by atoms with Gasteiger partial charge in [-0.05, 0) is 31.2 Å². The third-order valence-corrected chi connectivity index (χ3v) is 4.28. The van der Waals surface area contributed by atoms with Crippen molar-refractivity contribution in [2.45, 2.75) is 6.92 Å². The Morgan fingerprint density at radius 1 is 1.12 bits per heavy atom. The summed E-state index contributed by atoms with van der Waals surface area (Å²) < 4.78 is 18.1. The Labute approximate surface area is 142 Å². The number of rotatable bonds is 4. The molecule has 122 valence electrons.